The van der Waals surface area contributed by atoms with Crippen LogP contribution in [0.25, 0.3) is 6.08 Å². The third kappa shape index (κ3) is 4.24. The van der Waals surface area contributed by atoms with Crippen molar-refractivity contribution in [2.45, 2.75) is 0 Å². The van der Waals surface area contributed by atoms with Crippen LogP contribution in [0.15, 0.2) is 48.7 Å². The van der Waals surface area contributed by atoms with Gasteiger partial charge in [0.05, 0.1) is 6.20 Å². The van der Waals surface area contributed by atoms with E-state index in [1.165, 1.54) is 12.1 Å². The largest absolute Gasteiger partial charge is 0.478 e. The van der Waals surface area contributed by atoms with Gasteiger partial charge in [0.2, 0.25) is 0 Å². The lowest BCUT2D eigenvalue weighted by Crippen LogP contribution is -2.13. The monoisotopic (exact) mass is 286 g/mol. The number of halogens is 1. The molecule has 0 aliphatic heterocycles. The third-order valence-corrected chi connectivity index (χ3v) is 2.55. The summed E-state index contributed by atoms with van der Waals surface area (Å²) in [4.78, 5) is 25.9. The smallest absolute Gasteiger partial charge is 0.328 e. The van der Waals surface area contributed by atoms with E-state index in [0.29, 0.717) is 11.3 Å². The van der Waals surface area contributed by atoms with E-state index in [1.54, 1.807) is 24.3 Å². The topological polar surface area (TPSA) is 79.3 Å². The summed E-state index contributed by atoms with van der Waals surface area (Å²) >= 11 is 0. The summed E-state index contributed by atoms with van der Waals surface area (Å²) in [7, 11) is 0. The fourth-order valence-corrected chi connectivity index (χ4v) is 1.55. The number of hydrogen-bond acceptors (Lipinski definition) is 3. The average molecular weight is 286 g/mol. The summed E-state index contributed by atoms with van der Waals surface area (Å²) in [5, 5.41) is 11.1. The molecule has 106 valence electrons. The minimum Gasteiger partial charge on any atom is -0.478 e. The SMILES string of the molecule is O=C(O)/C=C/c1ccc(NC(=O)c2ccc(F)cn2)cc1. The fourth-order valence-electron chi connectivity index (χ4n) is 1.55. The normalized spacial score (nSPS) is 10.5. The van der Waals surface area contributed by atoms with Crippen molar-refractivity contribution < 1.29 is 19.1 Å². The Morgan fingerprint density at radius 3 is 2.43 bits per heavy atom. The summed E-state index contributed by atoms with van der Waals surface area (Å²) in [6.07, 6.45) is 3.43. The van der Waals surface area contributed by atoms with Gasteiger partial charge in [0, 0.05) is 11.8 Å². The number of rotatable bonds is 4. The van der Waals surface area contributed by atoms with E-state index >= 15 is 0 Å². The maximum absolute atomic E-state index is 12.7. The highest BCUT2D eigenvalue weighted by Gasteiger charge is 2.07. The molecule has 0 aliphatic carbocycles. The lowest BCUT2D eigenvalue weighted by molar-refractivity contribution is -0.131. The molecule has 0 bridgehead atoms. The predicted octanol–water partition coefficient (Wildman–Crippen LogP) is 2.57. The number of carbonyl (C=O) groups excluding carboxylic acids is 1. The average Bonchev–Trinajstić information content (AvgIpc) is 2.47. The lowest BCUT2D eigenvalue weighted by Gasteiger charge is -2.04. The molecule has 0 radical (unpaired) electrons. The van der Waals surface area contributed by atoms with Gasteiger partial charge in [-0.25, -0.2) is 14.2 Å². The number of aromatic nitrogens is 1. The molecule has 5 nitrogen and oxygen atoms in total. The molecule has 0 spiro atoms. The Morgan fingerprint density at radius 1 is 1.14 bits per heavy atom. The number of aliphatic carboxylic acids is 1. The van der Waals surface area contributed by atoms with Gasteiger partial charge in [-0.1, -0.05) is 12.1 Å². The van der Waals surface area contributed by atoms with Crippen LogP contribution in [0.3, 0.4) is 0 Å². The van der Waals surface area contributed by atoms with Crippen LogP contribution in [0.5, 0.6) is 0 Å². The quantitative estimate of drug-likeness (QED) is 0.847. The van der Waals surface area contributed by atoms with Crippen molar-refractivity contribution in [1.82, 2.24) is 4.98 Å². The molecule has 2 rings (SSSR count). The second kappa shape index (κ2) is 6.42. The Kier molecular flexibility index (Phi) is 4.40. The molecule has 0 unspecified atom stereocenters. The number of hydrogen-bond donors (Lipinski definition) is 2. The predicted molar refractivity (Wildman–Crippen MR) is 75.3 cm³/mol. The van der Waals surface area contributed by atoms with E-state index in [2.05, 4.69) is 10.3 Å². The highest BCUT2D eigenvalue weighted by atomic mass is 19.1. The van der Waals surface area contributed by atoms with Gasteiger partial charge in [0.25, 0.3) is 5.91 Å². The highest BCUT2D eigenvalue weighted by Crippen LogP contribution is 2.12. The zero-order valence-corrected chi connectivity index (χ0v) is 10.8. The second-order valence-electron chi connectivity index (χ2n) is 4.11. The number of carboxylic acid groups (broad SMARTS) is 1. The van der Waals surface area contributed by atoms with Crippen LogP contribution in [0.2, 0.25) is 0 Å². The summed E-state index contributed by atoms with van der Waals surface area (Å²) < 4.78 is 12.7. The number of pyridine rings is 1. The van der Waals surface area contributed by atoms with Crippen LogP contribution < -0.4 is 5.32 Å². The molecule has 1 aromatic carbocycles. The van der Waals surface area contributed by atoms with Crippen molar-refractivity contribution in [3.8, 4) is 0 Å². The summed E-state index contributed by atoms with van der Waals surface area (Å²) in [6.45, 7) is 0. The molecule has 1 amide bonds. The molecule has 6 heteroatoms. The van der Waals surface area contributed by atoms with E-state index in [9.17, 15) is 14.0 Å². The van der Waals surface area contributed by atoms with E-state index in [0.717, 1.165) is 18.3 Å². The van der Waals surface area contributed by atoms with Gasteiger partial charge in [-0.3, -0.25) is 4.79 Å². The van der Waals surface area contributed by atoms with E-state index in [1.807, 2.05) is 0 Å². The molecular weight excluding hydrogens is 275 g/mol. The summed E-state index contributed by atoms with van der Waals surface area (Å²) in [5.74, 6) is -2.00. The number of anilines is 1. The molecule has 0 saturated carbocycles. The third-order valence-electron chi connectivity index (χ3n) is 2.55. The minimum atomic E-state index is -1.03. The van der Waals surface area contributed by atoms with Crippen molar-refractivity contribution in [2.24, 2.45) is 0 Å². The molecule has 0 aliphatic rings. The Bertz CT molecular complexity index is 679. The molecule has 21 heavy (non-hydrogen) atoms. The van der Waals surface area contributed by atoms with Crippen molar-refractivity contribution in [1.29, 1.82) is 0 Å². The van der Waals surface area contributed by atoms with Crippen LogP contribution in [0, 0.1) is 5.82 Å². The minimum absolute atomic E-state index is 0.103. The molecular formula is C15H11FN2O3. The zero-order valence-electron chi connectivity index (χ0n) is 10.8. The van der Waals surface area contributed by atoms with Gasteiger partial charge in [0.1, 0.15) is 11.5 Å². The van der Waals surface area contributed by atoms with Gasteiger partial charge in [-0.2, -0.15) is 0 Å². The van der Waals surface area contributed by atoms with E-state index in [-0.39, 0.29) is 5.69 Å². The number of nitrogens with zero attached hydrogens (tertiary/aromatic N) is 1. The van der Waals surface area contributed by atoms with Crippen molar-refractivity contribution in [3.05, 3.63) is 65.7 Å². The first kappa shape index (κ1) is 14.4. The van der Waals surface area contributed by atoms with Crippen LogP contribution in [-0.4, -0.2) is 22.0 Å². The van der Waals surface area contributed by atoms with Crippen LogP contribution in [0.4, 0.5) is 10.1 Å². The first-order valence-electron chi connectivity index (χ1n) is 5.98. The number of nitrogens with one attached hydrogen (secondary N) is 1. The van der Waals surface area contributed by atoms with Crippen molar-refractivity contribution >= 4 is 23.6 Å². The van der Waals surface area contributed by atoms with E-state index < -0.39 is 17.7 Å². The molecule has 1 aromatic heterocycles. The van der Waals surface area contributed by atoms with E-state index in [4.69, 9.17) is 5.11 Å². The summed E-state index contributed by atoms with van der Waals surface area (Å²) in [5.41, 5.74) is 1.32. The Morgan fingerprint density at radius 2 is 1.86 bits per heavy atom. The summed E-state index contributed by atoms with van der Waals surface area (Å²) in [6, 6.07) is 9.02. The van der Waals surface area contributed by atoms with Crippen LogP contribution >= 0.6 is 0 Å². The van der Waals surface area contributed by atoms with Crippen molar-refractivity contribution in [3.63, 3.8) is 0 Å². The zero-order chi connectivity index (χ0) is 15.2. The number of carboxylic acids is 1. The van der Waals surface area contributed by atoms with Gasteiger partial charge in [-0.15, -0.1) is 0 Å². The molecule has 0 atom stereocenters. The fraction of sp³-hybridized carbons (Fsp3) is 0. The van der Waals surface area contributed by atoms with Crippen molar-refractivity contribution in [2.75, 3.05) is 5.32 Å². The second-order valence-corrected chi connectivity index (χ2v) is 4.11. The maximum atomic E-state index is 12.7. The van der Waals surface area contributed by atoms with Gasteiger partial charge in [-0.05, 0) is 35.9 Å². The first-order valence-corrected chi connectivity index (χ1v) is 5.98. The maximum Gasteiger partial charge on any atom is 0.328 e. The van der Waals surface area contributed by atoms with Crippen LogP contribution in [0.1, 0.15) is 16.1 Å². The number of benzene rings is 1. The van der Waals surface area contributed by atoms with Gasteiger partial charge < -0.3 is 10.4 Å². The van der Waals surface area contributed by atoms with Gasteiger partial charge >= 0.3 is 5.97 Å². The number of amides is 1. The van der Waals surface area contributed by atoms with Gasteiger partial charge in [0.15, 0.2) is 0 Å². The molecule has 0 fully saturated rings. The lowest BCUT2D eigenvalue weighted by atomic mass is 10.2. The highest BCUT2D eigenvalue weighted by molar-refractivity contribution is 6.02. The number of carbonyl (C=O) groups is 2. The molecule has 1 heterocycles. The Balaban J connectivity index is 2.04. The molecule has 2 N–H and O–H groups in total. The Labute approximate surface area is 119 Å². The van der Waals surface area contributed by atoms with Crippen LogP contribution in [-0.2, 0) is 4.79 Å². The molecule has 0 saturated heterocycles. The standard InChI is InChI=1S/C15H11FN2O3/c16-11-4-7-13(17-9-11)15(21)18-12-5-1-10(2-6-12)3-8-14(19)20/h1-9H,(H,18,21)(H,19,20)/b8-3+. The molecule has 2 aromatic rings. The first-order chi connectivity index (χ1) is 10.0. The Hall–Kier alpha value is -3.02.